The number of anilines is 1. The summed E-state index contributed by atoms with van der Waals surface area (Å²) in [5.74, 6) is 4.47. The monoisotopic (exact) mass is 451 g/mol. The van der Waals surface area contributed by atoms with E-state index in [0.717, 1.165) is 30.3 Å². The molecule has 1 aromatic rings. The van der Waals surface area contributed by atoms with Crippen LogP contribution in [0.5, 0.6) is 0 Å². The number of carboxylic acid groups (broad SMARTS) is 1. The number of ether oxygens (including phenoxy) is 1. The van der Waals surface area contributed by atoms with Gasteiger partial charge in [0.15, 0.2) is 18.3 Å². The molecule has 12 nitrogen and oxygen atoms in total. The van der Waals surface area contributed by atoms with Gasteiger partial charge in [0.1, 0.15) is 0 Å². The van der Waals surface area contributed by atoms with Gasteiger partial charge in [0, 0.05) is 12.6 Å². The molecule has 0 unspecified atom stereocenters. The second-order valence-corrected chi connectivity index (χ2v) is 8.13. The molecule has 12 heteroatoms. The number of hydrogen-bond donors (Lipinski definition) is 4. The minimum atomic E-state index is -1.69. The molecule has 3 rings (SSSR count). The largest absolute Gasteiger partial charge is 0.463 e. The highest BCUT2D eigenvalue weighted by Crippen LogP contribution is 2.33. The van der Waals surface area contributed by atoms with E-state index in [2.05, 4.69) is 11.6 Å². The van der Waals surface area contributed by atoms with Gasteiger partial charge in [-0.3, -0.25) is 9.36 Å². The molecule has 176 valence electrons. The lowest BCUT2D eigenvalue weighted by Gasteiger charge is -2.28. The quantitative estimate of drug-likeness (QED) is 0.160. The van der Waals surface area contributed by atoms with Crippen molar-refractivity contribution >= 4 is 17.8 Å². The molecule has 2 amide bonds. The first-order valence-electron chi connectivity index (χ1n) is 10.6. The van der Waals surface area contributed by atoms with Crippen molar-refractivity contribution in [2.45, 2.75) is 57.5 Å². The molecule has 2 fully saturated rings. The van der Waals surface area contributed by atoms with Crippen LogP contribution in [-0.2, 0) is 9.53 Å². The topological polar surface area (TPSA) is 171 Å². The fourth-order valence-corrected chi connectivity index (χ4v) is 4.16. The van der Waals surface area contributed by atoms with Crippen LogP contribution in [0.25, 0.3) is 0 Å². The Morgan fingerprint density at radius 2 is 2.00 bits per heavy atom. The molecule has 0 spiro atoms. The summed E-state index contributed by atoms with van der Waals surface area (Å²) < 4.78 is 6.45. The number of hydrogen-bond acceptors (Lipinski definition) is 8. The van der Waals surface area contributed by atoms with Crippen molar-refractivity contribution in [3.63, 3.8) is 0 Å². The molecule has 0 radical (unpaired) electrons. The Balaban J connectivity index is 1.73. The van der Waals surface area contributed by atoms with E-state index in [-0.39, 0.29) is 24.4 Å². The number of aromatic nitrogens is 2. The van der Waals surface area contributed by atoms with Crippen molar-refractivity contribution < 1.29 is 29.6 Å². The van der Waals surface area contributed by atoms with Gasteiger partial charge >= 0.3 is 11.8 Å². The molecule has 0 aromatic carbocycles. The summed E-state index contributed by atoms with van der Waals surface area (Å²) in [6.45, 7) is 3.69. The van der Waals surface area contributed by atoms with Crippen LogP contribution in [0.15, 0.2) is 29.2 Å². The first-order chi connectivity index (χ1) is 15.2. The van der Waals surface area contributed by atoms with E-state index in [0.29, 0.717) is 22.5 Å². The van der Waals surface area contributed by atoms with Crippen LogP contribution in [0.3, 0.4) is 0 Å². The van der Waals surface area contributed by atoms with Crippen molar-refractivity contribution in [2.24, 2.45) is 17.7 Å². The summed E-state index contributed by atoms with van der Waals surface area (Å²) in [6.07, 6.45) is 3.21. The summed E-state index contributed by atoms with van der Waals surface area (Å²) in [5, 5.41) is 29.2. The van der Waals surface area contributed by atoms with Crippen LogP contribution < -0.4 is 16.5 Å². The summed E-state index contributed by atoms with van der Waals surface area (Å²) in [7, 11) is 0. The van der Waals surface area contributed by atoms with Gasteiger partial charge < -0.3 is 20.1 Å². The van der Waals surface area contributed by atoms with Crippen LogP contribution in [0.4, 0.5) is 10.6 Å². The summed E-state index contributed by atoms with van der Waals surface area (Å²) >= 11 is 0. The Morgan fingerprint density at radius 1 is 1.31 bits per heavy atom. The van der Waals surface area contributed by atoms with Crippen molar-refractivity contribution in [2.75, 3.05) is 11.6 Å². The number of nitrogens with zero attached hydrogens (tertiary/aromatic N) is 4. The third-order valence-electron chi connectivity index (χ3n) is 6.02. The van der Waals surface area contributed by atoms with Gasteiger partial charge in [-0.25, -0.2) is 15.4 Å². The molecule has 1 aliphatic carbocycles. The number of amides is 2. The Labute approximate surface area is 184 Å². The van der Waals surface area contributed by atoms with Gasteiger partial charge in [0.25, 0.3) is 5.91 Å². The molecule has 2 heterocycles. The van der Waals surface area contributed by atoms with Crippen molar-refractivity contribution in [3.05, 3.63) is 34.9 Å². The second kappa shape index (κ2) is 10.2. The molecular formula is C20H29N5O7. The molecule has 1 saturated heterocycles. The highest BCUT2D eigenvalue weighted by atomic mass is 16.5. The van der Waals surface area contributed by atoms with Crippen LogP contribution in [-0.4, -0.2) is 54.9 Å². The third-order valence-corrected chi connectivity index (χ3v) is 6.02. The van der Waals surface area contributed by atoms with Crippen LogP contribution in [0, 0.1) is 11.8 Å². The molecule has 32 heavy (non-hydrogen) atoms. The highest BCUT2D eigenvalue weighted by Gasteiger charge is 2.36. The number of hydrazine groups is 2. The normalized spacial score (nSPS) is 21.7. The number of aliphatic hydroxyl groups excluding tert-OH is 1. The average Bonchev–Trinajstić information content (AvgIpc) is 3.14. The van der Waals surface area contributed by atoms with Gasteiger partial charge in [0.2, 0.25) is 0 Å². The fraction of sp³-hybridized carbons (Fsp3) is 0.600. The number of carbonyl (C=O) groups is 2. The summed E-state index contributed by atoms with van der Waals surface area (Å²) in [5.41, 5.74) is -0.610. The number of carbonyl (C=O) groups excluding carboxylic acids is 1. The maximum atomic E-state index is 12.5. The molecule has 5 N–H and O–H groups in total. The molecular weight excluding hydrogens is 422 g/mol. The van der Waals surface area contributed by atoms with Gasteiger partial charge in [-0.05, 0) is 24.0 Å². The molecule has 2 atom stereocenters. The molecule has 1 aliphatic heterocycles. The van der Waals surface area contributed by atoms with Gasteiger partial charge in [-0.1, -0.05) is 38.7 Å². The first-order valence-corrected chi connectivity index (χ1v) is 10.6. The van der Waals surface area contributed by atoms with E-state index < -0.39 is 36.1 Å². The van der Waals surface area contributed by atoms with E-state index >= 15 is 0 Å². The van der Waals surface area contributed by atoms with E-state index in [4.69, 9.17) is 10.6 Å². The van der Waals surface area contributed by atoms with Crippen molar-refractivity contribution in [1.82, 2.24) is 14.7 Å². The van der Waals surface area contributed by atoms with E-state index in [1.165, 1.54) is 18.7 Å². The standard InChI is InChI=1S/C20H29N5O7/c1-12-14(18(27)28)11-32-17(12)23-10-9-15(22-19(23)29)24(20(30)31)25(21)16(26)8-7-13-5-3-2-4-6-13/h9-10,13-14,17-18,27-28H,1-8,11,21H2,(H,30,31)/t14-,17-/m1/s1. The molecule has 1 saturated carbocycles. The third kappa shape index (κ3) is 5.15. The van der Waals surface area contributed by atoms with Crippen molar-refractivity contribution in [1.29, 1.82) is 0 Å². The van der Waals surface area contributed by atoms with Gasteiger partial charge in [-0.2, -0.15) is 10.1 Å². The van der Waals surface area contributed by atoms with E-state index in [9.17, 15) is 29.7 Å². The zero-order chi connectivity index (χ0) is 23.4. The Kier molecular flexibility index (Phi) is 7.61. The SMILES string of the molecule is C=C1[C@H](C(O)O)CO[C@H]1n1ccc(N(C(=O)O)N(N)C(=O)CCC2CCCCC2)nc1=O. The minimum absolute atomic E-state index is 0.0529. The minimum Gasteiger partial charge on any atom is -0.463 e. The summed E-state index contributed by atoms with van der Waals surface area (Å²) in [6, 6.07) is 1.20. The molecule has 2 aliphatic rings. The lowest BCUT2D eigenvalue weighted by molar-refractivity contribution is -0.132. The van der Waals surface area contributed by atoms with Crippen LogP contribution in [0.2, 0.25) is 0 Å². The predicted octanol–water partition coefficient (Wildman–Crippen LogP) is 0.717. The van der Waals surface area contributed by atoms with E-state index in [1.807, 2.05) is 0 Å². The lowest BCUT2D eigenvalue weighted by Crippen LogP contribution is -2.54. The van der Waals surface area contributed by atoms with E-state index in [1.54, 1.807) is 0 Å². The van der Waals surface area contributed by atoms with Gasteiger partial charge in [-0.15, -0.1) is 5.01 Å². The number of aliphatic hydroxyl groups is 2. The van der Waals surface area contributed by atoms with Gasteiger partial charge in [0.05, 0.1) is 12.5 Å². The first kappa shape index (κ1) is 23.9. The number of nitrogens with two attached hydrogens (primary N) is 1. The fourth-order valence-electron chi connectivity index (χ4n) is 4.16. The zero-order valence-corrected chi connectivity index (χ0v) is 17.7. The van der Waals surface area contributed by atoms with Crippen molar-refractivity contribution in [3.8, 4) is 0 Å². The maximum absolute atomic E-state index is 12.5. The zero-order valence-electron chi connectivity index (χ0n) is 17.7. The lowest BCUT2D eigenvalue weighted by atomic mass is 9.86. The Morgan fingerprint density at radius 3 is 2.56 bits per heavy atom. The Hall–Kier alpha value is -2.80. The van der Waals surface area contributed by atoms with Crippen LogP contribution in [0.1, 0.15) is 51.2 Å². The Bertz CT molecular complexity index is 912. The smallest absolute Gasteiger partial charge is 0.433 e. The summed E-state index contributed by atoms with van der Waals surface area (Å²) in [4.78, 5) is 40.6. The molecule has 1 aromatic heterocycles. The highest BCUT2D eigenvalue weighted by molar-refractivity contribution is 5.89. The maximum Gasteiger partial charge on any atom is 0.433 e. The molecule has 0 bridgehead atoms. The second-order valence-electron chi connectivity index (χ2n) is 8.13. The predicted molar refractivity (Wildman–Crippen MR) is 112 cm³/mol. The number of rotatable bonds is 6. The van der Waals surface area contributed by atoms with Crippen LogP contribution >= 0.6 is 0 Å². The average molecular weight is 451 g/mol.